The Balaban J connectivity index is 1.68. The maximum Gasteiger partial charge on any atom is 0.171 e. The molecule has 1 heterocycles. The lowest BCUT2D eigenvalue weighted by Crippen LogP contribution is -1.95. The van der Waals surface area contributed by atoms with Gasteiger partial charge in [0.1, 0.15) is 11.4 Å². The molecule has 0 spiro atoms. The summed E-state index contributed by atoms with van der Waals surface area (Å²) in [6.07, 6.45) is 2.52. The van der Waals surface area contributed by atoms with Crippen molar-refractivity contribution in [1.82, 2.24) is 10.2 Å². The van der Waals surface area contributed by atoms with Crippen molar-refractivity contribution in [3.05, 3.63) is 75.6 Å². The lowest BCUT2D eigenvalue weighted by Gasteiger charge is -2.08. The van der Waals surface area contributed by atoms with Gasteiger partial charge in [-0.1, -0.05) is 23.7 Å². The Kier molecular flexibility index (Phi) is 5.76. The van der Waals surface area contributed by atoms with Gasteiger partial charge in [0, 0.05) is 5.02 Å². The van der Waals surface area contributed by atoms with E-state index in [1.807, 2.05) is 31.2 Å². The van der Waals surface area contributed by atoms with E-state index in [4.69, 9.17) is 26.9 Å². The number of nitriles is 2. The molecule has 0 radical (unpaired) electrons. The van der Waals surface area contributed by atoms with Crippen LogP contribution in [0.25, 0.3) is 0 Å². The maximum atomic E-state index is 9.08. The molecule has 5 nitrogen and oxygen atoms in total. The molecular weight excluding hydrogens is 360 g/mol. The van der Waals surface area contributed by atoms with Crippen molar-refractivity contribution in [2.24, 2.45) is 0 Å². The normalized spacial score (nSPS) is 10.2. The van der Waals surface area contributed by atoms with Crippen molar-refractivity contribution in [2.75, 3.05) is 0 Å². The number of hydrogen-bond acceptors (Lipinski definition) is 4. The number of hydrogen-bond donors (Lipinski definition) is 1. The van der Waals surface area contributed by atoms with Gasteiger partial charge in [0.15, 0.2) is 5.75 Å². The van der Waals surface area contributed by atoms with Crippen LogP contribution in [0.15, 0.2) is 42.5 Å². The molecule has 0 saturated carbocycles. The van der Waals surface area contributed by atoms with Crippen LogP contribution in [0.3, 0.4) is 0 Å². The molecule has 0 aliphatic rings. The van der Waals surface area contributed by atoms with Crippen molar-refractivity contribution in [3.8, 4) is 23.6 Å². The molecule has 0 fully saturated rings. The van der Waals surface area contributed by atoms with Crippen LogP contribution in [0.2, 0.25) is 5.02 Å². The van der Waals surface area contributed by atoms with Crippen LogP contribution in [-0.2, 0) is 12.8 Å². The second kappa shape index (κ2) is 8.40. The smallest absolute Gasteiger partial charge is 0.171 e. The van der Waals surface area contributed by atoms with E-state index >= 15 is 0 Å². The number of H-pyrrole nitrogens is 1. The fraction of sp³-hybridized carbons (Fsp3) is 0.190. The third-order valence-electron chi connectivity index (χ3n) is 4.14. The zero-order valence-corrected chi connectivity index (χ0v) is 15.5. The maximum absolute atomic E-state index is 9.08. The number of rotatable bonds is 6. The highest BCUT2D eigenvalue weighted by Gasteiger charge is 2.13. The van der Waals surface area contributed by atoms with E-state index in [9.17, 15) is 0 Å². The van der Waals surface area contributed by atoms with Gasteiger partial charge >= 0.3 is 0 Å². The minimum absolute atomic E-state index is 0.445. The Labute approximate surface area is 162 Å². The SMILES string of the molecule is Cc1[nH]nc(CCCc2ccc(C#N)cc2)c1Oc1cc(Cl)cc(C#N)c1. The predicted molar refractivity (Wildman–Crippen MR) is 103 cm³/mol. The molecule has 3 rings (SSSR count). The van der Waals surface area contributed by atoms with E-state index in [0.717, 1.165) is 30.7 Å². The van der Waals surface area contributed by atoms with E-state index in [0.29, 0.717) is 27.6 Å². The molecule has 0 atom stereocenters. The van der Waals surface area contributed by atoms with Crippen LogP contribution in [-0.4, -0.2) is 10.2 Å². The van der Waals surface area contributed by atoms with Gasteiger partial charge in [-0.15, -0.1) is 0 Å². The van der Waals surface area contributed by atoms with Crippen molar-refractivity contribution in [2.45, 2.75) is 26.2 Å². The highest BCUT2D eigenvalue weighted by atomic mass is 35.5. The average Bonchev–Trinajstić information content (AvgIpc) is 3.01. The van der Waals surface area contributed by atoms with Crippen LogP contribution in [0.5, 0.6) is 11.5 Å². The largest absolute Gasteiger partial charge is 0.453 e. The lowest BCUT2D eigenvalue weighted by molar-refractivity contribution is 0.471. The number of benzene rings is 2. The molecule has 1 aromatic heterocycles. The van der Waals surface area contributed by atoms with E-state index in [1.165, 1.54) is 5.56 Å². The van der Waals surface area contributed by atoms with Crippen LogP contribution in [0.4, 0.5) is 0 Å². The number of nitrogens with zero attached hydrogens (tertiary/aromatic N) is 3. The zero-order valence-electron chi connectivity index (χ0n) is 14.8. The molecule has 27 heavy (non-hydrogen) atoms. The van der Waals surface area contributed by atoms with Crippen molar-refractivity contribution in [3.63, 3.8) is 0 Å². The first-order valence-corrected chi connectivity index (χ1v) is 8.88. The molecule has 6 heteroatoms. The predicted octanol–water partition coefficient (Wildman–Crippen LogP) is 5.08. The molecule has 134 valence electrons. The second-order valence-electron chi connectivity index (χ2n) is 6.18. The van der Waals surface area contributed by atoms with E-state index in [1.54, 1.807) is 18.2 Å². The summed E-state index contributed by atoms with van der Waals surface area (Å²) in [6.45, 7) is 1.89. The molecule has 1 N–H and O–H groups in total. The molecule has 2 aromatic carbocycles. The first-order valence-electron chi connectivity index (χ1n) is 8.50. The number of aromatic nitrogens is 2. The van der Waals surface area contributed by atoms with Gasteiger partial charge in [0.25, 0.3) is 0 Å². The first-order chi connectivity index (χ1) is 13.1. The van der Waals surface area contributed by atoms with Gasteiger partial charge in [0.05, 0.1) is 29.0 Å². The van der Waals surface area contributed by atoms with Gasteiger partial charge in [-0.3, -0.25) is 5.10 Å². The number of halogens is 1. The number of nitrogens with one attached hydrogen (secondary N) is 1. The van der Waals surface area contributed by atoms with Crippen LogP contribution < -0.4 is 4.74 Å². The molecule has 3 aromatic rings. The fourth-order valence-corrected chi connectivity index (χ4v) is 3.01. The van der Waals surface area contributed by atoms with Crippen molar-refractivity contribution < 1.29 is 4.74 Å². The monoisotopic (exact) mass is 376 g/mol. The summed E-state index contributed by atoms with van der Waals surface area (Å²) in [6, 6.07) is 16.7. The Morgan fingerprint density at radius 3 is 2.48 bits per heavy atom. The van der Waals surface area contributed by atoms with Gasteiger partial charge in [-0.05, 0) is 62.1 Å². The molecule has 0 aliphatic heterocycles. The van der Waals surface area contributed by atoms with Gasteiger partial charge in [0.2, 0.25) is 0 Å². The molecule has 0 saturated heterocycles. The molecule has 0 bridgehead atoms. The van der Waals surface area contributed by atoms with Crippen LogP contribution >= 0.6 is 11.6 Å². The Hall–Kier alpha value is -3.28. The summed E-state index contributed by atoms with van der Waals surface area (Å²) < 4.78 is 5.97. The Morgan fingerprint density at radius 1 is 1.04 bits per heavy atom. The topological polar surface area (TPSA) is 85.5 Å². The highest BCUT2D eigenvalue weighted by Crippen LogP contribution is 2.30. The number of aryl methyl sites for hydroxylation is 3. The summed E-state index contributed by atoms with van der Waals surface area (Å²) in [5, 5.41) is 25.7. The Morgan fingerprint density at radius 2 is 1.78 bits per heavy atom. The van der Waals surface area contributed by atoms with Gasteiger partial charge in [-0.25, -0.2) is 0 Å². The third-order valence-corrected chi connectivity index (χ3v) is 4.36. The molecule has 0 aliphatic carbocycles. The quantitative estimate of drug-likeness (QED) is 0.649. The summed E-state index contributed by atoms with van der Waals surface area (Å²) >= 11 is 6.05. The molecule has 0 amide bonds. The minimum atomic E-state index is 0.445. The summed E-state index contributed by atoms with van der Waals surface area (Å²) in [4.78, 5) is 0. The van der Waals surface area contributed by atoms with Crippen LogP contribution in [0, 0.1) is 29.6 Å². The third kappa shape index (κ3) is 4.67. The zero-order chi connectivity index (χ0) is 19.2. The van der Waals surface area contributed by atoms with Crippen molar-refractivity contribution in [1.29, 1.82) is 10.5 Å². The summed E-state index contributed by atoms with van der Waals surface area (Å²) in [5.74, 6) is 1.18. The molecular formula is C21H17ClN4O. The first kappa shape index (κ1) is 18.5. The van der Waals surface area contributed by atoms with Gasteiger partial charge < -0.3 is 4.74 Å². The van der Waals surface area contributed by atoms with Crippen molar-refractivity contribution >= 4 is 11.6 Å². The number of ether oxygens (including phenoxy) is 1. The van der Waals surface area contributed by atoms with Crippen LogP contribution in [0.1, 0.15) is 34.5 Å². The second-order valence-corrected chi connectivity index (χ2v) is 6.61. The minimum Gasteiger partial charge on any atom is -0.453 e. The standard InChI is InChI=1S/C21H17ClN4O/c1-14-21(27-19-10-17(13-24)9-18(22)11-19)20(26-25-14)4-2-3-15-5-7-16(12-23)8-6-15/h5-11H,2-4H2,1H3,(H,25,26). The fourth-order valence-electron chi connectivity index (χ4n) is 2.78. The Bertz CT molecular complexity index is 1030. The lowest BCUT2D eigenvalue weighted by atomic mass is 10.1. The molecule has 0 unspecified atom stereocenters. The summed E-state index contributed by atoms with van der Waals surface area (Å²) in [5.41, 5.74) is 3.94. The van der Waals surface area contributed by atoms with E-state index < -0.39 is 0 Å². The highest BCUT2D eigenvalue weighted by molar-refractivity contribution is 6.30. The van der Waals surface area contributed by atoms with E-state index in [2.05, 4.69) is 22.3 Å². The van der Waals surface area contributed by atoms with E-state index in [-0.39, 0.29) is 0 Å². The van der Waals surface area contributed by atoms with Gasteiger partial charge in [-0.2, -0.15) is 15.6 Å². The average molecular weight is 377 g/mol. The number of aromatic amines is 1. The summed E-state index contributed by atoms with van der Waals surface area (Å²) in [7, 11) is 0.